The van der Waals surface area contributed by atoms with E-state index in [0.717, 1.165) is 17.0 Å². The van der Waals surface area contributed by atoms with E-state index in [1.165, 1.54) is 19.1 Å². The molecule has 1 amide bonds. The van der Waals surface area contributed by atoms with Crippen LogP contribution in [0.15, 0.2) is 24.3 Å². The van der Waals surface area contributed by atoms with Crippen LogP contribution in [-0.4, -0.2) is 34.2 Å². The molecule has 8 heteroatoms. The summed E-state index contributed by atoms with van der Waals surface area (Å²) in [5, 5.41) is 9.17. The minimum atomic E-state index is -4.50. The molecule has 1 aliphatic rings. The Morgan fingerprint density at radius 2 is 2.14 bits per heavy atom. The molecule has 1 saturated heterocycles. The van der Waals surface area contributed by atoms with Crippen molar-refractivity contribution in [2.45, 2.75) is 25.2 Å². The van der Waals surface area contributed by atoms with Crippen LogP contribution in [0.5, 0.6) is 0 Å². The van der Waals surface area contributed by atoms with Gasteiger partial charge in [0, 0.05) is 0 Å². The Balaban J connectivity index is 2.29. The molecule has 114 valence electrons. The maximum absolute atomic E-state index is 12.6. The average Bonchev–Trinajstić information content (AvgIpc) is 2.68. The van der Waals surface area contributed by atoms with Crippen LogP contribution in [0.4, 0.5) is 18.0 Å². The third kappa shape index (κ3) is 2.79. The van der Waals surface area contributed by atoms with E-state index in [9.17, 15) is 22.8 Å². The number of hydrogen-bond acceptors (Lipinski definition) is 3. The highest BCUT2D eigenvalue weighted by molar-refractivity contribution is 5.86. The number of ether oxygens (including phenoxy) is 1. The normalized spacial score (nSPS) is 22.3. The van der Waals surface area contributed by atoms with Crippen molar-refractivity contribution in [3.05, 3.63) is 35.4 Å². The predicted molar refractivity (Wildman–Crippen MR) is 64.4 cm³/mol. The second-order valence-corrected chi connectivity index (χ2v) is 4.92. The number of cyclic esters (lactones) is 1. The Bertz CT molecular complexity index is 587. The molecule has 0 saturated carbocycles. The summed E-state index contributed by atoms with van der Waals surface area (Å²) >= 11 is 0. The molecule has 1 atom stereocenters. The monoisotopic (exact) mass is 303 g/mol. The van der Waals surface area contributed by atoms with Gasteiger partial charge in [-0.3, -0.25) is 4.90 Å². The molecule has 0 aliphatic carbocycles. The van der Waals surface area contributed by atoms with E-state index in [4.69, 9.17) is 9.84 Å². The molecule has 1 aromatic carbocycles. The van der Waals surface area contributed by atoms with E-state index in [1.54, 1.807) is 0 Å². The molecule has 1 fully saturated rings. The summed E-state index contributed by atoms with van der Waals surface area (Å²) in [6.45, 7) is 0.666. The van der Waals surface area contributed by atoms with Crippen LogP contribution in [0.3, 0.4) is 0 Å². The number of aliphatic carboxylic acids is 1. The van der Waals surface area contributed by atoms with Crippen molar-refractivity contribution in [3.63, 3.8) is 0 Å². The molecule has 1 aliphatic heterocycles. The molecule has 1 heterocycles. The zero-order valence-electron chi connectivity index (χ0n) is 11.0. The summed E-state index contributed by atoms with van der Waals surface area (Å²) in [4.78, 5) is 23.7. The fourth-order valence-electron chi connectivity index (χ4n) is 2.00. The summed E-state index contributed by atoms with van der Waals surface area (Å²) in [7, 11) is 0. The maximum atomic E-state index is 12.6. The number of amides is 1. The Labute approximate surface area is 117 Å². The van der Waals surface area contributed by atoms with E-state index >= 15 is 0 Å². The smallest absolute Gasteiger partial charge is 0.416 e. The van der Waals surface area contributed by atoms with Crippen molar-refractivity contribution in [3.8, 4) is 0 Å². The van der Waals surface area contributed by atoms with Crippen LogP contribution < -0.4 is 0 Å². The van der Waals surface area contributed by atoms with Crippen molar-refractivity contribution in [2.75, 3.05) is 6.61 Å². The van der Waals surface area contributed by atoms with Gasteiger partial charge in [-0.2, -0.15) is 13.2 Å². The maximum Gasteiger partial charge on any atom is 0.416 e. The van der Waals surface area contributed by atoms with Crippen LogP contribution in [-0.2, 0) is 22.3 Å². The molecule has 1 aromatic rings. The van der Waals surface area contributed by atoms with E-state index < -0.39 is 29.3 Å². The lowest BCUT2D eigenvalue weighted by molar-refractivity contribution is -0.147. The van der Waals surface area contributed by atoms with Crippen molar-refractivity contribution in [1.29, 1.82) is 0 Å². The Morgan fingerprint density at radius 1 is 1.48 bits per heavy atom. The second kappa shape index (κ2) is 4.94. The van der Waals surface area contributed by atoms with Gasteiger partial charge in [0.05, 0.1) is 12.1 Å². The lowest BCUT2D eigenvalue weighted by Crippen LogP contribution is -2.50. The van der Waals surface area contributed by atoms with E-state index in [-0.39, 0.29) is 18.7 Å². The first-order chi connectivity index (χ1) is 9.64. The number of hydrogen-bond donors (Lipinski definition) is 1. The Hall–Kier alpha value is -2.25. The Morgan fingerprint density at radius 3 is 2.71 bits per heavy atom. The van der Waals surface area contributed by atoms with Crippen LogP contribution in [0.25, 0.3) is 0 Å². The first-order valence-corrected chi connectivity index (χ1v) is 5.98. The highest BCUT2D eigenvalue weighted by Gasteiger charge is 2.49. The number of alkyl halides is 3. The zero-order valence-corrected chi connectivity index (χ0v) is 11.0. The fraction of sp³-hybridized carbons (Fsp3) is 0.385. The van der Waals surface area contributed by atoms with Crippen LogP contribution in [0, 0.1) is 0 Å². The number of carboxylic acids is 1. The molecule has 21 heavy (non-hydrogen) atoms. The van der Waals surface area contributed by atoms with E-state index in [0.29, 0.717) is 0 Å². The van der Waals surface area contributed by atoms with Crippen molar-refractivity contribution >= 4 is 12.1 Å². The molecule has 0 aromatic heterocycles. The van der Waals surface area contributed by atoms with Crippen LogP contribution in [0.2, 0.25) is 0 Å². The van der Waals surface area contributed by atoms with Gasteiger partial charge in [0.15, 0.2) is 5.54 Å². The van der Waals surface area contributed by atoms with Gasteiger partial charge in [-0.25, -0.2) is 9.59 Å². The average molecular weight is 303 g/mol. The third-order valence-electron chi connectivity index (χ3n) is 3.35. The van der Waals surface area contributed by atoms with E-state index in [1.807, 2.05) is 0 Å². The summed E-state index contributed by atoms with van der Waals surface area (Å²) in [6.07, 6.45) is -5.37. The van der Waals surface area contributed by atoms with E-state index in [2.05, 4.69) is 0 Å². The number of carbonyl (C=O) groups is 2. The predicted octanol–water partition coefficient (Wildman–Crippen LogP) is 2.50. The number of carboxylic acid groups (broad SMARTS) is 1. The molecular formula is C13H12F3NO4. The van der Waals surface area contributed by atoms with Crippen LogP contribution >= 0.6 is 0 Å². The van der Waals surface area contributed by atoms with Crippen LogP contribution in [0.1, 0.15) is 18.1 Å². The van der Waals surface area contributed by atoms with Gasteiger partial charge >= 0.3 is 18.2 Å². The van der Waals surface area contributed by atoms with Gasteiger partial charge in [-0.05, 0) is 24.6 Å². The number of halogens is 3. The minimum absolute atomic E-state index is 0.177. The molecule has 0 spiro atoms. The first kappa shape index (κ1) is 15.1. The Kier molecular flexibility index (Phi) is 3.56. The molecule has 1 unspecified atom stereocenters. The summed E-state index contributed by atoms with van der Waals surface area (Å²) in [5.74, 6) is -1.28. The topological polar surface area (TPSA) is 66.8 Å². The molecule has 2 rings (SSSR count). The highest BCUT2D eigenvalue weighted by atomic mass is 19.4. The second-order valence-electron chi connectivity index (χ2n) is 4.92. The highest BCUT2D eigenvalue weighted by Crippen LogP contribution is 2.31. The number of benzene rings is 1. The van der Waals surface area contributed by atoms with Gasteiger partial charge in [-0.15, -0.1) is 0 Å². The van der Waals surface area contributed by atoms with Gasteiger partial charge in [-0.1, -0.05) is 12.1 Å². The number of nitrogens with zero attached hydrogens (tertiary/aromatic N) is 1. The summed E-state index contributed by atoms with van der Waals surface area (Å²) in [5.41, 5.74) is -2.27. The number of rotatable bonds is 3. The van der Waals surface area contributed by atoms with Crippen molar-refractivity contribution in [2.24, 2.45) is 0 Å². The third-order valence-corrected chi connectivity index (χ3v) is 3.35. The molecule has 1 N–H and O–H groups in total. The lowest BCUT2D eigenvalue weighted by Gasteiger charge is -2.27. The molecular weight excluding hydrogens is 291 g/mol. The quantitative estimate of drug-likeness (QED) is 0.931. The molecule has 0 radical (unpaired) electrons. The molecule has 0 bridgehead atoms. The van der Waals surface area contributed by atoms with Gasteiger partial charge in [0.25, 0.3) is 0 Å². The largest absolute Gasteiger partial charge is 0.479 e. The summed E-state index contributed by atoms with van der Waals surface area (Å²) < 4.78 is 42.6. The van der Waals surface area contributed by atoms with Crippen molar-refractivity contribution in [1.82, 2.24) is 4.90 Å². The van der Waals surface area contributed by atoms with Crippen molar-refractivity contribution < 1.29 is 32.6 Å². The molecule has 5 nitrogen and oxygen atoms in total. The van der Waals surface area contributed by atoms with Gasteiger partial charge < -0.3 is 9.84 Å². The standard InChI is InChI=1S/C13H12F3NO4/c1-12(10(18)19)7-21-11(20)17(12)6-8-3-2-4-9(5-8)13(14,15)16/h2-5H,6-7H2,1H3,(H,18,19). The summed E-state index contributed by atoms with van der Waals surface area (Å²) in [6, 6.07) is 4.39. The SMILES string of the molecule is CC1(C(=O)O)COC(=O)N1Cc1cccc(C(F)(F)F)c1. The minimum Gasteiger partial charge on any atom is -0.479 e. The van der Waals surface area contributed by atoms with Gasteiger partial charge in [0.1, 0.15) is 6.61 Å². The van der Waals surface area contributed by atoms with Gasteiger partial charge in [0.2, 0.25) is 0 Å². The number of carbonyl (C=O) groups excluding carboxylic acids is 1. The fourth-order valence-corrected chi connectivity index (χ4v) is 2.00. The lowest BCUT2D eigenvalue weighted by atomic mass is 10.0. The zero-order chi connectivity index (χ0) is 15.8. The first-order valence-electron chi connectivity index (χ1n) is 5.98.